The predicted molar refractivity (Wildman–Crippen MR) is 44.9 cm³/mol. The average molecular weight is 184 g/mol. The standard InChI is InChI=1S/C8H6ClNO2/c1-2-5-10-8(11)6-3-4-7(9)12-6/h1,3-4H,5H2,(H,10,11). The summed E-state index contributed by atoms with van der Waals surface area (Å²) in [7, 11) is 0. The van der Waals surface area contributed by atoms with Crippen molar-refractivity contribution in [3.8, 4) is 12.3 Å². The van der Waals surface area contributed by atoms with Crippen molar-refractivity contribution < 1.29 is 9.21 Å². The van der Waals surface area contributed by atoms with E-state index in [0.29, 0.717) is 0 Å². The number of nitrogens with one attached hydrogen (secondary N) is 1. The SMILES string of the molecule is C#CCNC(=O)c1ccc(Cl)o1. The Labute approximate surface area is 74.7 Å². The molecule has 0 aliphatic rings. The van der Waals surface area contributed by atoms with Gasteiger partial charge in [-0.15, -0.1) is 6.42 Å². The van der Waals surface area contributed by atoms with Crippen molar-refractivity contribution in [1.29, 1.82) is 0 Å². The fourth-order valence-corrected chi connectivity index (χ4v) is 0.801. The van der Waals surface area contributed by atoms with Crippen molar-refractivity contribution in [2.45, 2.75) is 0 Å². The Bertz CT molecular complexity index is 324. The van der Waals surface area contributed by atoms with Crippen molar-refractivity contribution in [1.82, 2.24) is 5.32 Å². The molecule has 1 amide bonds. The van der Waals surface area contributed by atoms with Gasteiger partial charge < -0.3 is 9.73 Å². The summed E-state index contributed by atoms with van der Waals surface area (Å²) in [5, 5.41) is 2.62. The van der Waals surface area contributed by atoms with Gasteiger partial charge in [-0.2, -0.15) is 0 Å². The smallest absolute Gasteiger partial charge is 0.287 e. The van der Waals surface area contributed by atoms with Crippen LogP contribution in [0, 0.1) is 12.3 Å². The summed E-state index contributed by atoms with van der Waals surface area (Å²) in [5.41, 5.74) is 0. The van der Waals surface area contributed by atoms with Gasteiger partial charge in [0, 0.05) is 0 Å². The van der Waals surface area contributed by atoms with Crippen LogP contribution >= 0.6 is 11.6 Å². The average Bonchev–Trinajstić information content (AvgIpc) is 2.47. The quantitative estimate of drug-likeness (QED) is 0.703. The molecular weight excluding hydrogens is 178 g/mol. The van der Waals surface area contributed by atoms with E-state index in [0.717, 1.165) is 0 Å². The molecule has 1 rings (SSSR count). The molecule has 0 aromatic carbocycles. The molecular formula is C8H6ClNO2. The van der Waals surface area contributed by atoms with Crippen LogP contribution in [0.2, 0.25) is 5.22 Å². The molecule has 0 unspecified atom stereocenters. The second-order valence-electron chi connectivity index (χ2n) is 1.99. The molecule has 1 aromatic heterocycles. The van der Waals surface area contributed by atoms with Gasteiger partial charge in [0.05, 0.1) is 6.54 Å². The molecule has 1 aromatic rings. The number of carbonyl (C=O) groups excluding carboxylic acids is 1. The predicted octanol–water partition coefficient (Wildman–Crippen LogP) is 1.30. The van der Waals surface area contributed by atoms with Gasteiger partial charge in [0.15, 0.2) is 11.0 Å². The third-order valence-electron chi connectivity index (χ3n) is 1.15. The molecule has 62 valence electrons. The van der Waals surface area contributed by atoms with Gasteiger partial charge in [-0.05, 0) is 23.7 Å². The van der Waals surface area contributed by atoms with Gasteiger partial charge >= 0.3 is 0 Å². The van der Waals surface area contributed by atoms with Crippen LogP contribution in [0.15, 0.2) is 16.5 Å². The highest BCUT2D eigenvalue weighted by atomic mass is 35.5. The number of hydrogen-bond acceptors (Lipinski definition) is 2. The Kier molecular flexibility index (Phi) is 2.78. The fraction of sp³-hybridized carbons (Fsp3) is 0.125. The van der Waals surface area contributed by atoms with Gasteiger partial charge in [-0.1, -0.05) is 5.92 Å². The first kappa shape index (κ1) is 8.69. The summed E-state index contributed by atoms with van der Waals surface area (Å²) in [6.07, 6.45) is 4.94. The molecule has 0 spiro atoms. The summed E-state index contributed by atoms with van der Waals surface area (Å²) < 4.78 is 4.83. The van der Waals surface area contributed by atoms with Crippen LogP contribution in [0.5, 0.6) is 0 Å². The number of halogens is 1. The van der Waals surface area contributed by atoms with E-state index in [1.165, 1.54) is 12.1 Å². The third-order valence-corrected chi connectivity index (χ3v) is 1.35. The zero-order valence-electron chi connectivity index (χ0n) is 6.13. The molecule has 0 saturated carbocycles. The minimum Gasteiger partial charge on any atom is -0.440 e. The first-order valence-corrected chi connectivity index (χ1v) is 3.59. The number of rotatable bonds is 2. The highest BCUT2D eigenvalue weighted by Crippen LogP contribution is 2.12. The number of furan rings is 1. The molecule has 1 N–H and O–H groups in total. The summed E-state index contributed by atoms with van der Waals surface area (Å²) >= 11 is 5.45. The summed E-state index contributed by atoms with van der Waals surface area (Å²) in [5.74, 6) is 2.07. The van der Waals surface area contributed by atoms with Crippen LogP contribution < -0.4 is 5.32 Å². The van der Waals surface area contributed by atoms with E-state index in [2.05, 4.69) is 11.2 Å². The van der Waals surface area contributed by atoms with Crippen molar-refractivity contribution in [2.24, 2.45) is 0 Å². The zero-order valence-corrected chi connectivity index (χ0v) is 6.89. The fourth-order valence-electron chi connectivity index (χ4n) is 0.655. The Morgan fingerprint density at radius 3 is 3.00 bits per heavy atom. The lowest BCUT2D eigenvalue weighted by molar-refractivity contribution is 0.0931. The van der Waals surface area contributed by atoms with Crippen molar-refractivity contribution in [2.75, 3.05) is 6.54 Å². The Morgan fingerprint density at radius 1 is 1.75 bits per heavy atom. The van der Waals surface area contributed by atoms with Crippen LogP contribution in [0.1, 0.15) is 10.6 Å². The first-order valence-electron chi connectivity index (χ1n) is 3.21. The Hall–Kier alpha value is -1.40. The highest BCUT2D eigenvalue weighted by molar-refractivity contribution is 6.29. The molecule has 0 bridgehead atoms. The molecule has 0 atom stereocenters. The van der Waals surface area contributed by atoms with Gasteiger partial charge in [0.25, 0.3) is 5.91 Å². The van der Waals surface area contributed by atoms with Crippen molar-refractivity contribution in [3.63, 3.8) is 0 Å². The number of carbonyl (C=O) groups is 1. The second kappa shape index (κ2) is 3.84. The first-order chi connectivity index (χ1) is 5.74. The van der Waals surface area contributed by atoms with E-state index < -0.39 is 0 Å². The Morgan fingerprint density at radius 2 is 2.50 bits per heavy atom. The van der Waals surface area contributed by atoms with Gasteiger partial charge in [0.1, 0.15) is 0 Å². The zero-order chi connectivity index (χ0) is 8.97. The van der Waals surface area contributed by atoms with Crippen LogP contribution in [-0.2, 0) is 0 Å². The largest absolute Gasteiger partial charge is 0.440 e. The molecule has 1 heterocycles. The molecule has 3 nitrogen and oxygen atoms in total. The lowest BCUT2D eigenvalue weighted by Crippen LogP contribution is -2.22. The number of terminal acetylenes is 1. The van der Waals surface area contributed by atoms with Crippen LogP contribution in [0.3, 0.4) is 0 Å². The molecule has 0 fully saturated rings. The van der Waals surface area contributed by atoms with Crippen molar-refractivity contribution in [3.05, 3.63) is 23.1 Å². The van der Waals surface area contributed by atoms with Crippen LogP contribution in [0.4, 0.5) is 0 Å². The summed E-state index contributed by atoms with van der Waals surface area (Å²) in [4.78, 5) is 11.1. The second-order valence-corrected chi connectivity index (χ2v) is 2.36. The topological polar surface area (TPSA) is 42.2 Å². The van der Waals surface area contributed by atoms with Crippen molar-refractivity contribution >= 4 is 17.5 Å². The van der Waals surface area contributed by atoms with E-state index in [9.17, 15) is 4.79 Å². The molecule has 12 heavy (non-hydrogen) atoms. The maximum atomic E-state index is 11.1. The molecule has 0 saturated heterocycles. The lowest BCUT2D eigenvalue weighted by Gasteiger charge is -1.95. The minimum absolute atomic E-state index is 0.162. The molecule has 0 aliphatic heterocycles. The highest BCUT2D eigenvalue weighted by Gasteiger charge is 2.08. The van der Waals surface area contributed by atoms with Gasteiger partial charge in [-0.3, -0.25) is 4.79 Å². The number of hydrogen-bond donors (Lipinski definition) is 1. The van der Waals surface area contributed by atoms with E-state index in [1.807, 2.05) is 0 Å². The maximum Gasteiger partial charge on any atom is 0.287 e. The summed E-state index contributed by atoms with van der Waals surface area (Å²) in [6, 6.07) is 2.97. The third kappa shape index (κ3) is 2.04. The van der Waals surface area contributed by atoms with Crippen LogP contribution in [0.25, 0.3) is 0 Å². The monoisotopic (exact) mass is 183 g/mol. The minimum atomic E-state index is -0.361. The van der Waals surface area contributed by atoms with E-state index in [-0.39, 0.29) is 23.4 Å². The Balaban J connectivity index is 2.61. The maximum absolute atomic E-state index is 11.1. The van der Waals surface area contributed by atoms with Gasteiger partial charge in [0.2, 0.25) is 0 Å². The number of amides is 1. The summed E-state index contributed by atoms with van der Waals surface area (Å²) in [6.45, 7) is 0.178. The van der Waals surface area contributed by atoms with E-state index >= 15 is 0 Å². The molecule has 0 aliphatic carbocycles. The normalized spacial score (nSPS) is 9.00. The van der Waals surface area contributed by atoms with Gasteiger partial charge in [-0.25, -0.2) is 0 Å². The lowest BCUT2D eigenvalue weighted by atomic mass is 10.4. The van der Waals surface area contributed by atoms with E-state index in [1.54, 1.807) is 0 Å². The molecule has 0 radical (unpaired) electrons. The molecule has 4 heteroatoms. The van der Waals surface area contributed by atoms with E-state index in [4.69, 9.17) is 22.4 Å². The van der Waals surface area contributed by atoms with Crippen LogP contribution in [-0.4, -0.2) is 12.5 Å².